The van der Waals surface area contributed by atoms with Gasteiger partial charge in [-0.1, -0.05) is 12.2 Å². The lowest BCUT2D eigenvalue weighted by atomic mass is 10.1. The molecule has 0 aliphatic heterocycles. The summed E-state index contributed by atoms with van der Waals surface area (Å²) < 4.78 is 13.0. The van der Waals surface area contributed by atoms with Gasteiger partial charge < -0.3 is 5.11 Å². The molecule has 0 aromatic carbocycles. The van der Waals surface area contributed by atoms with Crippen molar-refractivity contribution in [3.8, 4) is 0 Å². The average Bonchev–Trinajstić information content (AvgIpc) is 2.49. The lowest BCUT2D eigenvalue weighted by Crippen LogP contribution is -1.86. The molecule has 1 nitrogen and oxygen atoms in total. The van der Waals surface area contributed by atoms with Crippen molar-refractivity contribution in [1.29, 1.82) is 0 Å². The zero-order chi connectivity index (χ0) is 12.3. The first-order chi connectivity index (χ1) is 7.47. The lowest BCUT2D eigenvalue weighted by Gasteiger charge is -1.97. The molecule has 0 radical (unpaired) electrons. The number of halogens is 1. The monoisotopic (exact) mass is 240 g/mol. The molecule has 0 atom stereocenters. The highest BCUT2D eigenvalue weighted by Crippen LogP contribution is 2.28. The molecular formula is C13H17FOS. The van der Waals surface area contributed by atoms with E-state index in [4.69, 9.17) is 5.11 Å². The van der Waals surface area contributed by atoms with Gasteiger partial charge in [-0.05, 0) is 44.4 Å². The Hall–Kier alpha value is -0.930. The van der Waals surface area contributed by atoms with Gasteiger partial charge in [0.05, 0.1) is 6.61 Å². The molecule has 3 heteroatoms. The van der Waals surface area contributed by atoms with Crippen LogP contribution >= 0.6 is 11.3 Å². The second kappa shape index (κ2) is 5.41. The third-order valence-electron chi connectivity index (χ3n) is 2.68. The molecule has 0 aliphatic carbocycles. The summed E-state index contributed by atoms with van der Waals surface area (Å²) in [5.74, 6) is -0.474. The average molecular weight is 240 g/mol. The van der Waals surface area contributed by atoms with E-state index in [1.54, 1.807) is 24.3 Å². The summed E-state index contributed by atoms with van der Waals surface area (Å²) in [7, 11) is 0. The molecule has 0 unspecified atom stereocenters. The molecular weight excluding hydrogens is 223 g/mol. The first-order valence-electron chi connectivity index (χ1n) is 5.18. The Morgan fingerprint density at radius 2 is 1.94 bits per heavy atom. The highest BCUT2D eigenvalue weighted by atomic mass is 32.1. The highest BCUT2D eigenvalue weighted by molar-refractivity contribution is 7.12. The Balaban J connectivity index is 3.01. The van der Waals surface area contributed by atoms with Crippen molar-refractivity contribution >= 4 is 17.4 Å². The van der Waals surface area contributed by atoms with Gasteiger partial charge in [0.25, 0.3) is 0 Å². The van der Waals surface area contributed by atoms with Gasteiger partial charge in [0.15, 0.2) is 0 Å². The van der Waals surface area contributed by atoms with Gasteiger partial charge in [0.1, 0.15) is 5.83 Å². The maximum absolute atomic E-state index is 13.0. The number of aliphatic hydroxyl groups excluding tert-OH is 1. The molecule has 0 bridgehead atoms. The Labute approximate surface area is 99.9 Å². The van der Waals surface area contributed by atoms with E-state index in [1.165, 1.54) is 15.3 Å². The number of hydrogen-bond acceptors (Lipinski definition) is 2. The fraction of sp³-hybridized carbons (Fsp3) is 0.385. The minimum absolute atomic E-state index is 0.474. The molecule has 0 fully saturated rings. The third-order valence-corrected chi connectivity index (χ3v) is 3.82. The molecule has 0 amide bonds. The summed E-state index contributed by atoms with van der Waals surface area (Å²) in [5, 5.41) is 8.65. The van der Waals surface area contributed by atoms with Crippen molar-refractivity contribution in [1.82, 2.24) is 0 Å². The van der Waals surface area contributed by atoms with Crippen LogP contribution in [0.3, 0.4) is 0 Å². The molecule has 1 aromatic rings. The smallest absolute Gasteiger partial charge is 0.128 e. The van der Waals surface area contributed by atoms with Crippen LogP contribution in [-0.2, 0) is 0 Å². The lowest BCUT2D eigenvalue weighted by molar-refractivity contribution is 0.296. The zero-order valence-corrected chi connectivity index (χ0v) is 10.9. The van der Waals surface area contributed by atoms with E-state index >= 15 is 0 Å². The van der Waals surface area contributed by atoms with Gasteiger partial charge in [-0.2, -0.15) is 0 Å². The topological polar surface area (TPSA) is 20.2 Å². The van der Waals surface area contributed by atoms with E-state index in [9.17, 15) is 4.39 Å². The third kappa shape index (κ3) is 2.80. The van der Waals surface area contributed by atoms with Crippen molar-refractivity contribution in [3.63, 3.8) is 0 Å². The molecule has 16 heavy (non-hydrogen) atoms. The van der Waals surface area contributed by atoms with E-state index in [0.717, 1.165) is 5.56 Å². The Bertz CT molecular complexity index is 441. The number of rotatable bonds is 3. The summed E-state index contributed by atoms with van der Waals surface area (Å²) in [6.07, 6.45) is 3.63. The summed E-state index contributed by atoms with van der Waals surface area (Å²) in [6, 6.07) is 0. The first-order valence-corrected chi connectivity index (χ1v) is 5.99. The van der Waals surface area contributed by atoms with Crippen molar-refractivity contribution in [2.45, 2.75) is 27.7 Å². The predicted molar refractivity (Wildman–Crippen MR) is 68.5 cm³/mol. The summed E-state index contributed by atoms with van der Waals surface area (Å²) >= 11 is 1.75. The van der Waals surface area contributed by atoms with Gasteiger partial charge in [-0.15, -0.1) is 11.3 Å². The van der Waals surface area contributed by atoms with Crippen molar-refractivity contribution in [2.24, 2.45) is 0 Å². The van der Waals surface area contributed by atoms with E-state index in [1.807, 2.05) is 6.08 Å². The Kier molecular flexibility index (Phi) is 4.44. The van der Waals surface area contributed by atoms with E-state index in [0.29, 0.717) is 5.57 Å². The fourth-order valence-electron chi connectivity index (χ4n) is 1.48. The minimum atomic E-state index is -0.531. The second-order valence-electron chi connectivity index (χ2n) is 3.83. The summed E-state index contributed by atoms with van der Waals surface area (Å²) in [6.45, 7) is 7.34. The molecule has 1 N–H and O–H groups in total. The second-order valence-corrected chi connectivity index (χ2v) is 5.26. The van der Waals surface area contributed by atoms with Gasteiger partial charge in [-0.25, -0.2) is 4.39 Å². The van der Waals surface area contributed by atoms with Crippen molar-refractivity contribution < 1.29 is 9.50 Å². The zero-order valence-electron chi connectivity index (χ0n) is 10.1. The van der Waals surface area contributed by atoms with Gasteiger partial charge >= 0.3 is 0 Å². The van der Waals surface area contributed by atoms with Crippen LogP contribution in [0, 0.1) is 20.8 Å². The molecule has 1 heterocycles. The van der Waals surface area contributed by atoms with Gasteiger partial charge in [-0.3, -0.25) is 0 Å². The molecule has 0 saturated carbocycles. The van der Waals surface area contributed by atoms with Crippen LogP contribution in [-0.4, -0.2) is 11.7 Å². The quantitative estimate of drug-likeness (QED) is 0.794. The molecule has 0 saturated heterocycles. The van der Waals surface area contributed by atoms with Crippen LogP contribution < -0.4 is 0 Å². The maximum Gasteiger partial charge on any atom is 0.128 e. The molecule has 1 rings (SSSR count). The number of allylic oxidation sites excluding steroid dienone is 2. The minimum Gasteiger partial charge on any atom is -0.389 e. The summed E-state index contributed by atoms with van der Waals surface area (Å²) in [5.41, 5.74) is 2.88. The Morgan fingerprint density at radius 1 is 1.31 bits per heavy atom. The van der Waals surface area contributed by atoms with Crippen LogP contribution in [0.4, 0.5) is 4.39 Å². The Morgan fingerprint density at radius 3 is 2.38 bits per heavy atom. The highest BCUT2D eigenvalue weighted by Gasteiger charge is 2.06. The number of aryl methyl sites for hydroxylation is 2. The maximum atomic E-state index is 13.0. The van der Waals surface area contributed by atoms with E-state index in [2.05, 4.69) is 20.8 Å². The molecule has 88 valence electrons. The van der Waals surface area contributed by atoms with Gasteiger partial charge in [0.2, 0.25) is 0 Å². The molecule has 0 spiro atoms. The fourth-order valence-corrected chi connectivity index (χ4v) is 2.53. The predicted octanol–water partition coefficient (Wildman–Crippen LogP) is 3.92. The van der Waals surface area contributed by atoms with E-state index in [-0.39, 0.29) is 0 Å². The van der Waals surface area contributed by atoms with Crippen LogP contribution in [0.15, 0.2) is 17.5 Å². The van der Waals surface area contributed by atoms with Crippen molar-refractivity contribution in [3.05, 3.63) is 38.4 Å². The van der Waals surface area contributed by atoms with Crippen LogP contribution in [0.5, 0.6) is 0 Å². The molecule has 0 aliphatic rings. The standard InChI is InChI=1S/C13H17FOS/c1-8(13(14)7-15)5-6-12-9(2)10(3)16-11(12)4/h5-6,15H,7H2,1-4H3/b6-5+,13-8+. The largest absolute Gasteiger partial charge is 0.389 e. The van der Waals surface area contributed by atoms with Crippen LogP contribution in [0.2, 0.25) is 0 Å². The van der Waals surface area contributed by atoms with Crippen molar-refractivity contribution in [2.75, 3.05) is 6.61 Å². The van der Waals surface area contributed by atoms with Crippen LogP contribution in [0.25, 0.3) is 6.08 Å². The number of aliphatic hydroxyl groups is 1. The SMILES string of the molecule is CC(/C=C/c1c(C)sc(C)c1C)=C(\F)CO. The number of hydrogen-bond donors (Lipinski definition) is 1. The van der Waals surface area contributed by atoms with Gasteiger partial charge in [0, 0.05) is 9.75 Å². The summed E-state index contributed by atoms with van der Waals surface area (Å²) in [4.78, 5) is 2.53. The normalized spacial score (nSPS) is 13.4. The van der Waals surface area contributed by atoms with E-state index < -0.39 is 12.4 Å². The number of thiophene rings is 1. The first kappa shape index (κ1) is 13.1. The molecule has 1 aromatic heterocycles. The van der Waals surface area contributed by atoms with Crippen LogP contribution in [0.1, 0.15) is 27.8 Å².